The maximum Gasteiger partial charge on any atom is 0.193 e. The van der Waals surface area contributed by atoms with Gasteiger partial charge in [-0.05, 0) is 62.5 Å². The van der Waals surface area contributed by atoms with Crippen LogP contribution in [0.5, 0.6) is 5.75 Å². The molecule has 0 aromatic carbocycles. The van der Waals surface area contributed by atoms with Crippen molar-refractivity contribution in [2.75, 3.05) is 26.3 Å². The van der Waals surface area contributed by atoms with Crippen molar-refractivity contribution in [2.45, 2.75) is 69.4 Å². The predicted octanol–water partition coefficient (Wildman–Crippen LogP) is 4.97. The van der Waals surface area contributed by atoms with Crippen LogP contribution in [0.2, 0.25) is 0 Å². The number of aryl methyl sites for hydroxylation is 2. The molecular formula is C25H31N3O3S. The first-order valence-electron chi connectivity index (χ1n) is 12.1. The highest BCUT2D eigenvalue weighted by atomic mass is 32.1. The van der Waals surface area contributed by atoms with Crippen molar-refractivity contribution in [1.82, 2.24) is 14.9 Å². The fraction of sp³-hybridized carbons (Fsp3) is 0.600. The summed E-state index contributed by atoms with van der Waals surface area (Å²) in [6, 6.07) is 2.79. The van der Waals surface area contributed by atoms with Gasteiger partial charge < -0.3 is 13.9 Å². The first kappa shape index (κ1) is 20.6. The Labute approximate surface area is 192 Å². The summed E-state index contributed by atoms with van der Waals surface area (Å²) in [5, 5.41) is 1.28. The zero-order chi connectivity index (χ0) is 21.3. The lowest BCUT2D eigenvalue weighted by Crippen LogP contribution is -2.46. The van der Waals surface area contributed by atoms with Crippen molar-refractivity contribution in [2.24, 2.45) is 0 Å². The lowest BCUT2D eigenvalue weighted by molar-refractivity contribution is -0.000919. The third kappa shape index (κ3) is 4.06. The Morgan fingerprint density at radius 3 is 2.75 bits per heavy atom. The summed E-state index contributed by atoms with van der Waals surface area (Å²) in [6.07, 6.45) is 14.6. The van der Waals surface area contributed by atoms with Crippen LogP contribution in [0.25, 0.3) is 10.2 Å². The molecule has 6 nitrogen and oxygen atoms in total. The minimum atomic E-state index is 0.306. The zero-order valence-electron chi connectivity index (χ0n) is 18.5. The van der Waals surface area contributed by atoms with Gasteiger partial charge in [-0.2, -0.15) is 0 Å². The molecule has 1 saturated heterocycles. The largest absolute Gasteiger partial charge is 0.490 e. The number of aromatic nitrogens is 2. The molecule has 1 atom stereocenters. The van der Waals surface area contributed by atoms with Crippen molar-refractivity contribution in [3.8, 4) is 5.75 Å². The number of rotatable bonds is 6. The molecule has 2 aliphatic carbocycles. The van der Waals surface area contributed by atoms with E-state index in [4.69, 9.17) is 18.9 Å². The van der Waals surface area contributed by atoms with Crippen LogP contribution in [0.3, 0.4) is 0 Å². The van der Waals surface area contributed by atoms with Crippen molar-refractivity contribution in [3.63, 3.8) is 0 Å². The Hall–Kier alpha value is -1.96. The summed E-state index contributed by atoms with van der Waals surface area (Å²) in [5.74, 6) is 2.42. The molecule has 0 spiro atoms. The van der Waals surface area contributed by atoms with Crippen molar-refractivity contribution < 1.29 is 13.9 Å². The SMILES string of the molecule is c1coc(CC[C@H]2CCc3sc4nccc(O[C@H]5CC[C@H](N6CCOCC6)CC5)c4c32)n1. The third-order valence-corrected chi connectivity index (χ3v) is 8.66. The number of fused-ring (bicyclic) bond motifs is 3. The summed E-state index contributed by atoms with van der Waals surface area (Å²) in [6.45, 7) is 3.92. The molecule has 6 rings (SSSR count). The normalized spacial score (nSPS) is 26.4. The summed E-state index contributed by atoms with van der Waals surface area (Å²) in [5.41, 5.74) is 1.49. The molecule has 170 valence electrons. The maximum absolute atomic E-state index is 6.68. The number of thiophene rings is 1. The first-order valence-corrected chi connectivity index (χ1v) is 12.9. The van der Waals surface area contributed by atoms with Gasteiger partial charge in [0.2, 0.25) is 0 Å². The summed E-state index contributed by atoms with van der Waals surface area (Å²) < 4.78 is 17.7. The van der Waals surface area contributed by atoms with Gasteiger partial charge >= 0.3 is 0 Å². The van der Waals surface area contributed by atoms with Gasteiger partial charge in [0.05, 0.1) is 30.9 Å². The number of hydrogen-bond donors (Lipinski definition) is 0. The van der Waals surface area contributed by atoms with Crippen molar-refractivity contribution >= 4 is 21.6 Å². The minimum absolute atomic E-state index is 0.306. The van der Waals surface area contributed by atoms with Crippen molar-refractivity contribution in [1.29, 1.82) is 0 Å². The van der Waals surface area contributed by atoms with Crippen LogP contribution in [-0.4, -0.2) is 53.3 Å². The molecule has 3 aromatic rings. The van der Waals surface area contributed by atoms with E-state index in [-0.39, 0.29) is 0 Å². The predicted molar refractivity (Wildman–Crippen MR) is 125 cm³/mol. The molecule has 0 radical (unpaired) electrons. The van der Waals surface area contributed by atoms with E-state index in [9.17, 15) is 0 Å². The number of oxazole rings is 1. The molecule has 0 N–H and O–H groups in total. The van der Waals surface area contributed by atoms with Gasteiger partial charge in [-0.25, -0.2) is 9.97 Å². The first-order chi connectivity index (χ1) is 15.8. The van der Waals surface area contributed by atoms with E-state index in [1.807, 2.05) is 17.5 Å². The standard InChI is InChI=1S/C25H31N3O3S/c1-7-21-23(17(1)2-8-22-26-11-14-30-22)24-20(9-10-27-25(24)32-21)31-19-5-3-18(4-6-19)28-12-15-29-16-13-28/h9-11,14,17-19H,1-8,12-13,15-16H2/t17-,18-,19-/m1/s1. The lowest BCUT2D eigenvalue weighted by Gasteiger charge is -2.38. The third-order valence-electron chi connectivity index (χ3n) is 7.49. The van der Waals surface area contributed by atoms with Crippen LogP contribution in [0, 0.1) is 0 Å². The van der Waals surface area contributed by atoms with Crippen molar-refractivity contribution in [3.05, 3.63) is 41.1 Å². The van der Waals surface area contributed by atoms with Gasteiger partial charge in [0.25, 0.3) is 0 Å². The Morgan fingerprint density at radius 1 is 1.06 bits per heavy atom. The highest BCUT2D eigenvalue weighted by Gasteiger charge is 2.32. The minimum Gasteiger partial charge on any atom is -0.490 e. The van der Waals surface area contributed by atoms with E-state index in [0.717, 1.165) is 74.9 Å². The summed E-state index contributed by atoms with van der Waals surface area (Å²) in [4.78, 5) is 14.3. The molecule has 1 aliphatic heterocycles. The Balaban J connectivity index is 1.17. The van der Waals surface area contributed by atoms with E-state index in [2.05, 4.69) is 16.0 Å². The number of hydrogen-bond acceptors (Lipinski definition) is 7. The molecule has 2 fully saturated rings. The average Bonchev–Trinajstić information content (AvgIpc) is 3.56. The Bertz CT molecular complexity index is 1040. The van der Waals surface area contributed by atoms with E-state index >= 15 is 0 Å². The number of morpholine rings is 1. The molecule has 0 amide bonds. The van der Waals surface area contributed by atoms with Crippen LogP contribution in [0.1, 0.15) is 60.8 Å². The summed E-state index contributed by atoms with van der Waals surface area (Å²) >= 11 is 1.86. The molecule has 3 aliphatic rings. The van der Waals surface area contributed by atoms with Gasteiger partial charge in [-0.3, -0.25) is 4.90 Å². The van der Waals surface area contributed by atoms with Gasteiger partial charge in [-0.15, -0.1) is 11.3 Å². The molecule has 4 heterocycles. The van der Waals surface area contributed by atoms with Crippen LogP contribution >= 0.6 is 11.3 Å². The van der Waals surface area contributed by atoms with Crippen LogP contribution < -0.4 is 4.74 Å². The van der Waals surface area contributed by atoms with Crippen LogP contribution in [0.15, 0.2) is 29.1 Å². The maximum atomic E-state index is 6.68. The fourth-order valence-electron chi connectivity index (χ4n) is 5.84. The monoisotopic (exact) mass is 453 g/mol. The highest BCUT2D eigenvalue weighted by molar-refractivity contribution is 7.19. The molecule has 32 heavy (non-hydrogen) atoms. The van der Waals surface area contributed by atoms with E-state index in [1.165, 1.54) is 35.1 Å². The Morgan fingerprint density at radius 2 is 1.94 bits per heavy atom. The Kier molecular flexibility index (Phi) is 5.88. The average molecular weight is 454 g/mol. The fourth-order valence-corrected chi connectivity index (χ4v) is 7.10. The molecular weight excluding hydrogens is 422 g/mol. The molecule has 1 saturated carbocycles. The van der Waals surface area contributed by atoms with Gasteiger partial charge in [-0.1, -0.05) is 0 Å². The smallest absolute Gasteiger partial charge is 0.193 e. The number of nitrogens with zero attached hydrogens (tertiary/aromatic N) is 3. The van der Waals surface area contributed by atoms with E-state index in [1.54, 1.807) is 12.5 Å². The quantitative estimate of drug-likeness (QED) is 0.525. The molecule has 3 aromatic heterocycles. The van der Waals surface area contributed by atoms with E-state index in [0.29, 0.717) is 18.1 Å². The zero-order valence-corrected chi connectivity index (χ0v) is 19.3. The number of ether oxygens (including phenoxy) is 2. The van der Waals surface area contributed by atoms with E-state index < -0.39 is 0 Å². The second kappa shape index (κ2) is 9.12. The van der Waals surface area contributed by atoms with Gasteiger partial charge in [0, 0.05) is 36.6 Å². The highest BCUT2D eigenvalue weighted by Crippen LogP contribution is 2.48. The lowest BCUT2D eigenvalue weighted by atomic mass is 9.91. The molecule has 7 heteroatoms. The van der Waals surface area contributed by atoms with Crippen LogP contribution in [0.4, 0.5) is 0 Å². The molecule has 0 unspecified atom stereocenters. The summed E-state index contributed by atoms with van der Waals surface area (Å²) in [7, 11) is 0. The topological polar surface area (TPSA) is 60.6 Å². The van der Waals surface area contributed by atoms with Crippen LogP contribution in [-0.2, 0) is 17.6 Å². The van der Waals surface area contributed by atoms with Gasteiger partial charge in [0.1, 0.15) is 16.8 Å². The second-order valence-electron chi connectivity index (χ2n) is 9.32. The second-order valence-corrected chi connectivity index (χ2v) is 10.4. The molecule has 0 bridgehead atoms. The van der Waals surface area contributed by atoms with Gasteiger partial charge in [0.15, 0.2) is 5.89 Å². The number of pyridine rings is 1.